The summed E-state index contributed by atoms with van der Waals surface area (Å²) in [6.07, 6.45) is 1.71. The third kappa shape index (κ3) is 2.51. The summed E-state index contributed by atoms with van der Waals surface area (Å²) in [5.41, 5.74) is 3.58. The molecule has 1 aromatic carbocycles. The van der Waals surface area contributed by atoms with Crippen LogP contribution in [0.1, 0.15) is 21.6 Å². The molecule has 0 saturated carbocycles. The van der Waals surface area contributed by atoms with Gasteiger partial charge in [0.2, 0.25) is 0 Å². The molecule has 1 aromatic heterocycles. The lowest BCUT2D eigenvalue weighted by molar-refractivity contribution is 0.0962. The second-order valence-corrected chi connectivity index (χ2v) is 3.99. The number of carbonyl (C=O) groups is 1. The number of nitrogens with one attached hydrogen (secondary N) is 3. The van der Waals surface area contributed by atoms with Crippen molar-refractivity contribution in [1.82, 2.24) is 15.5 Å². The maximum absolute atomic E-state index is 11.7. The van der Waals surface area contributed by atoms with Gasteiger partial charge in [-0.25, -0.2) is 0 Å². The number of H-pyrrole nitrogens is 1. The summed E-state index contributed by atoms with van der Waals surface area (Å²) in [4.78, 5) is 11.7. The largest absolute Gasteiger partial charge is 0.379 e. The number of aromatic amines is 1. The monoisotopic (exact) mass is 244 g/mol. The number of hydrogen-bond donors (Lipinski definition) is 3. The van der Waals surface area contributed by atoms with E-state index in [2.05, 4.69) is 20.8 Å². The highest BCUT2D eigenvalue weighted by molar-refractivity contribution is 5.96. The fraction of sp³-hybridized carbons (Fsp3) is 0.231. The van der Waals surface area contributed by atoms with E-state index in [0.717, 1.165) is 16.9 Å². The Morgan fingerprint density at radius 1 is 1.39 bits per heavy atom. The van der Waals surface area contributed by atoms with Crippen LogP contribution in [0.5, 0.6) is 0 Å². The molecule has 18 heavy (non-hydrogen) atoms. The van der Waals surface area contributed by atoms with Gasteiger partial charge in [0.25, 0.3) is 5.91 Å². The van der Waals surface area contributed by atoms with E-state index in [9.17, 15) is 4.79 Å². The number of benzene rings is 1. The number of anilines is 1. The molecular formula is C13H16N4O. The summed E-state index contributed by atoms with van der Waals surface area (Å²) in [7, 11) is 1.63. The Kier molecular flexibility index (Phi) is 3.62. The minimum atomic E-state index is -0.0716. The predicted molar refractivity (Wildman–Crippen MR) is 70.5 cm³/mol. The van der Waals surface area contributed by atoms with E-state index in [1.54, 1.807) is 13.2 Å². The highest BCUT2D eigenvalue weighted by Crippen LogP contribution is 2.19. The maximum atomic E-state index is 11.7. The van der Waals surface area contributed by atoms with Gasteiger partial charge in [0, 0.05) is 24.5 Å². The number of hydrogen-bond acceptors (Lipinski definition) is 3. The molecule has 0 fully saturated rings. The topological polar surface area (TPSA) is 69.8 Å². The Morgan fingerprint density at radius 2 is 2.22 bits per heavy atom. The maximum Gasteiger partial charge on any atom is 0.251 e. The van der Waals surface area contributed by atoms with Gasteiger partial charge in [-0.3, -0.25) is 9.89 Å². The van der Waals surface area contributed by atoms with Crippen molar-refractivity contribution in [2.45, 2.75) is 13.5 Å². The van der Waals surface area contributed by atoms with Crippen molar-refractivity contribution in [3.8, 4) is 0 Å². The zero-order chi connectivity index (χ0) is 13.0. The van der Waals surface area contributed by atoms with E-state index in [-0.39, 0.29) is 5.91 Å². The first kappa shape index (κ1) is 12.2. The van der Waals surface area contributed by atoms with E-state index in [4.69, 9.17) is 0 Å². The molecule has 1 heterocycles. The van der Waals surface area contributed by atoms with Crippen molar-refractivity contribution in [2.75, 3.05) is 12.4 Å². The Labute approximate surface area is 106 Å². The number of rotatable bonds is 4. The Balaban J connectivity index is 2.16. The molecule has 3 N–H and O–H groups in total. The molecule has 0 radical (unpaired) electrons. The zero-order valence-corrected chi connectivity index (χ0v) is 10.4. The SMILES string of the molecule is CNC(=O)c1cccc(NCc2ccn[nH]2)c1C. The van der Waals surface area contributed by atoms with E-state index in [1.807, 2.05) is 31.2 Å². The fourth-order valence-electron chi connectivity index (χ4n) is 1.78. The molecule has 0 atom stereocenters. The van der Waals surface area contributed by atoms with E-state index in [1.165, 1.54) is 0 Å². The lowest BCUT2D eigenvalue weighted by Gasteiger charge is -2.11. The van der Waals surface area contributed by atoms with Crippen molar-refractivity contribution < 1.29 is 4.79 Å². The molecular weight excluding hydrogens is 228 g/mol. The van der Waals surface area contributed by atoms with Crippen molar-refractivity contribution in [3.05, 3.63) is 47.3 Å². The molecule has 0 aliphatic rings. The minimum Gasteiger partial charge on any atom is -0.379 e. The van der Waals surface area contributed by atoms with Gasteiger partial charge in [-0.1, -0.05) is 6.07 Å². The normalized spacial score (nSPS) is 10.1. The van der Waals surface area contributed by atoms with E-state index >= 15 is 0 Å². The first-order valence-corrected chi connectivity index (χ1v) is 5.76. The molecule has 0 spiro atoms. The molecule has 0 aliphatic heterocycles. The van der Waals surface area contributed by atoms with Crippen LogP contribution in [0.4, 0.5) is 5.69 Å². The standard InChI is InChI=1S/C13H16N4O/c1-9-11(13(18)14-2)4-3-5-12(9)15-8-10-6-7-16-17-10/h3-7,15H,8H2,1-2H3,(H,14,18)(H,16,17). The van der Waals surface area contributed by atoms with Gasteiger partial charge in [-0.15, -0.1) is 0 Å². The summed E-state index contributed by atoms with van der Waals surface area (Å²) >= 11 is 0. The van der Waals surface area contributed by atoms with Gasteiger partial charge in [0.15, 0.2) is 0 Å². The minimum absolute atomic E-state index is 0.0716. The highest BCUT2D eigenvalue weighted by Gasteiger charge is 2.09. The number of amides is 1. The molecule has 0 bridgehead atoms. The van der Waals surface area contributed by atoms with E-state index < -0.39 is 0 Å². The summed E-state index contributed by atoms with van der Waals surface area (Å²) in [6, 6.07) is 7.55. The smallest absolute Gasteiger partial charge is 0.251 e. The van der Waals surface area contributed by atoms with Crippen LogP contribution in [0.3, 0.4) is 0 Å². The van der Waals surface area contributed by atoms with Gasteiger partial charge in [0.05, 0.1) is 12.2 Å². The van der Waals surface area contributed by atoms with Crippen molar-refractivity contribution in [2.24, 2.45) is 0 Å². The zero-order valence-electron chi connectivity index (χ0n) is 10.4. The molecule has 5 nitrogen and oxygen atoms in total. The second kappa shape index (κ2) is 5.35. The van der Waals surface area contributed by atoms with Crippen molar-refractivity contribution in [1.29, 1.82) is 0 Å². The fourth-order valence-corrected chi connectivity index (χ4v) is 1.78. The van der Waals surface area contributed by atoms with Crippen LogP contribution in [0.2, 0.25) is 0 Å². The van der Waals surface area contributed by atoms with E-state index in [0.29, 0.717) is 12.1 Å². The van der Waals surface area contributed by atoms with Crippen LogP contribution in [-0.4, -0.2) is 23.2 Å². The first-order chi connectivity index (χ1) is 8.72. The summed E-state index contributed by atoms with van der Waals surface area (Å²) in [6.45, 7) is 2.58. The Bertz CT molecular complexity index is 534. The third-order valence-electron chi connectivity index (χ3n) is 2.83. The first-order valence-electron chi connectivity index (χ1n) is 5.76. The van der Waals surface area contributed by atoms with Crippen LogP contribution in [0.15, 0.2) is 30.5 Å². The molecule has 1 amide bonds. The molecule has 5 heteroatoms. The molecule has 2 aromatic rings. The average Bonchev–Trinajstić information content (AvgIpc) is 2.90. The molecule has 0 saturated heterocycles. The third-order valence-corrected chi connectivity index (χ3v) is 2.83. The molecule has 0 aliphatic carbocycles. The average molecular weight is 244 g/mol. The lowest BCUT2D eigenvalue weighted by Crippen LogP contribution is -2.19. The van der Waals surface area contributed by atoms with Gasteiger partial charge in [-0.05, 0) is 30.7 Å². The van der Waals surface area contributed by atoms with Crippen LogP contribution in [0.25, 0.3) is 0 Å². The van der Waals surface area contributed by atoms with Crippen LogP contribution in [-0.2, 0) is 6.54 Å². The summed E-state index contributed by atoms with van der Waals surface area (Å²) in [5, 5.41) is 12.7. The predicted octanol–water partition coefficient (Wildman–Crippen LogP) is 1.69. The van der Waals surface area contributed by atoms with Crippen molar-refractivity contribution >= 4 is 11.6 Å². The van der Waals surface area contributed by atoms with Gasteiger partial charge >= 0.3 is 0 Å². The van der Waals surface area contributed by atoms with Gasteiger partial charge in [-0.2, -0.15) is 5.10 Å². The second-order valence-electron chi connectivity index (χ2n) is 3.99. The van der Waals surface area contributed by atoms with Crippen LogP contribution >= 0.6 is 0 Å². The number of nitrogens with zero attached hydrogens (tertiary/aromatic N) is 1. The summed E-state index contributed by atoms with van der Waals surface area (Å²) in [5.74, 6) is -0.0716. The summed E-state index contributed by atoms with van der Waals surface area (Å²) < 4.78 is 0. The van der Waals surface area contributed by atoms with Crippen LogP contribution in [0, 0.1) is 6.92 Å². The van der Waals surface area contributed by atoms with Crippen molar-refractivity contribution in [3.63, 3.8) is 0 Å². The molecule has 0 unspecified atom stereocenters. The Morgan fingerprint density at radius 3 is 2.89 bits per heavy atom. The van der Waals surface area contributed by atoms with Crippen LogP contribution < -0.4 is 10.6 Å². The lowest BCUT2D eigenvalue weighted by atomic mass is 10.1. The van der Waals surface area contributed by atoms with Gasteiger partial charge < -0.3 is 10.6 Å². The molecule has 94 valence electrons. The number of carbonyl (C=O) groups excluding carboxylic acids is 1. The molecule has 2 rings (SSSR count). The quantitative estimate of drug-likeness (QED) is 0.766. The Hall–Kier alpha value is -2.30. The number of aromatic nitrogens is 2. The highest BCUT2D eigenvalue weighted by atomic mass is 16.1. The van der Waals surface area contributed by atoms with Gasteiger partial charge in [0.1, 0.15) is 0 Å².